The van der Waals surface area contributed by atoms with E-state index < -0.39 is 0 Å². The topological polar surface area (TPSA) is 39.2 Å². The Morgan fingerprint density at radius 3 is 2.86 bits per heavy atom. The number of hydrogen-bond donors (Lipinski definition) is 1. The third-order valence-corrected chi connectivity index (χ3v) is 2.13. The van der Waals surface area contributed by atoms with Gasteiger partial charge in [-0.2, -0.15) is 0 Å². The minimum atomic E-state index is 0. The summed E-state index contributed by atoms with van der Waals surface area (Å²) < 4.78 is 5.30. The Bertz CT molecular complexity index is 408. The van der Waals surface area contributed by atoms with Gasteiger partial charge >= 0.3 is 0 Å². The summed E-state index contributed by atoms with van der Waals surface area (Å²) in [6.07, 6.45) is 2.62. The van der Waals surface area contributed by atoms with Crippen molar-refractivity contribution in [3.05, 3.63) is 36.1 Å². The fraction of sp³-hybridized carbons (Fsp3) is 0.273. The molecule has 0 radical (unpaired) electrons. The Kier molecular flexibility index (Phi) is 3.55. The maximum absolute atomic E-state index is 5.75. The van der Waals surface area contributed by atoms with Crippen molar-refractivity contribution < 1.29 is 4.42 Å². The molecule has 0 fully saturated rings. The third kappa shape index (κ3) is 2.08. The van der Waals surface area contributed by atoms with Crippen LogP contribution < -0.4 is 5.73 Å². The van der Waals surface area contributed by atoms with Crippen LogP contribution in [0.25, 0.3) is 11.0 Å². The second-order valence-electron chi connectivity index (χ2n) is 3.43. The molecule has 0 aliphatic rings. The average Bonchev–Trinajstić information content (AvgIpc) is 2.51. The Balaban J connectivity index is 0.000000980. The summed E-state index contributed by atoms with van der Waals surface area (Å²) in [6.45, 7) is 2.01. The molecule has 2 nitrogen and oxygen atoms in total. The lowest BCUT2D eigenvalue weighted by atomic mass is 10.0. The van der Waals surface area contributed by atoms with E-state index in [0.29, 0.717) is 0 Å². The molecule has 76 valence electrons. The van der Waals surface area contributed by atoms with Gasteiger partial charge in [-0.25, -0.2) is 0 Å². The molecule has 2 aromatic rings. The zero-order chi connectivity index (χ0) is 9.26. The predicted molar refractivity (Wildman–Crippen MR) is 60.8 cm³/mol. The van der Waals surface area contributed by atoms with Crippen LogP contribution in [0.3, 0.4) is 0 Å². The van der Waals surface area contributed by atoms with Crippen molar-refractivity contribution in [2.45, 2.75) is 19.4 Å². The molecular formula is C11H14ClNO. The van der Waals surface area contributed by atoms with Gasteiger partial charge in [0.15, 0.2) is 0 Å². The summed E-state index contributed by atoms with van der Waals surface area (Å²) in [5.41, 5.74) is 7.96. The molecule has 14 heavy (non-hydrogen) atoms. The molecule has 0 aliphatic heterocycles. The first-order chi connectivity index (χ1) is 6.27. The monoisotopic (exact) mass is 211 g/mol. The van der Waals surface area contributed by atoms with E-state index in [9.17, 15) is 0 Å². The Hall–Kier alpha value is -0.990. The summed E-state index contributed by atoms with van der Waals surface area (Å²) in [4.78, 5) is 0. The van der Waals surface area contributed by atoms with Crippen molar-refractivity contribution in [2.24, 2.45) is 5.73 Å². The van der Waals surface area contributed by atoms with Gasteiger partial charge < -0.3 is 10.2 Å². The molecule has 0 aliphatic carbocycles. The molecule has 0 bridgehead atoms. The van der Waals surface area contributed by atoms with E-state index in [0.717, 1.165) is 12.0 Å². The fourth-order valence-electron chi connectivity index (χ4n) is 1.58. The van der Waals surface area contributed by atoms with E-state index in [-0.39, 0.29) is 18.4 Å². The molecule has 0 spiro atoms. The number of rotatable bonds is 2. The van der Waals surface area contributed by atoms with Gasteiger partial charge in [0.2, 0.25) is 0 Å². The lowest BCUT2D eigenvalue weighted by molar-refractivity contribution is 0.615. The number of furan rings is 1. The molecule has 0 saturated carbocycles. The van der Waals surface area contributed by atoms with E-state index >= 15 is 0 Å². The molecule has 2 rings (SSSR count). The van der Waals surface area contributed by atoms with Crippen molar-refractivity contribution in [1.29, 1.82) is 0 Å². The van der Waals surface area contributed by atoms with E-state index in [1.54, 1.807) is 6.26 Å². The van der Waals surface area contributed by atoms with E-state index in [2.05, 4.69) is 6.07 Å². The van der Waals surface area contributed by atoms with Crippen molar-refractivity contribution >= 4 is 23.4 Å². The number of nitrogens with two attached hydrogens (primary N) is 1. The summed E-state index contributed by atoms with van der Waals surface area (Å²) >= 11 is 0. The second kappa shape index (κ2) is 4.49. The van der Waals surface area contributed by atoms with Crippen LogP contribution in [0.2, 0.25) is 0 Å². The van der Waals surface area contributed by atoms with Gasteiger partial charge in [-0.05, 0) is 31.0 Å². The minimum Gasteiger partial charge on any atom is -0.464 e. The van der Waals surface area contributed by atoms with Gasteiger partial charge in [0.25, 0.3) is 0 Å². The summed E-state index contributed by atoms with van der Waals surface area (Å²) in [5.74, 6) is 0. The smallest absolute Gasteiger partial charge is 0.134 e. The highest BCUT2D eigenvalue weighted by Crippen LogP contribution is 2.20. The molecule has 1 atom stereocenters. The van der Waals surface area contributed by atoms with E-state index in [1.807, 2.05) is 25.1 Å². The molecule has 0 amide bonds. The van der Waals surface area contributed by atoms with Crippen molar-refractivity contribution in [2.75, 3.05) is 0 Å². The molecular weight excluding hydrogens is 198 g/mol. The molecule has 3 heteroatoms. The number of hydrogen-bond acceptors (Lipinski definition) is 2. The SMILES string of the molecule is CC(N)Cc1cccc2occc12.Cl. The standard InChI is InChI=1S/C11H13NO.ClH/c1-8(12)7-9-3-2-4-11-10(9)5-6-13-11;/h2-6,8H,7,12H2,1H3;1H. The predicted octanol–water partition coefficient (Wildman–Crippen LogP) is 2.74. The lowest BCUT2D eigenvalue weighted by Gasteiger charge is -2.05. The molecule has 1 aromatic carbocycles. The lowest BCUT2D eigenvalue weighted by Crippen LogP contribution is -2.17. The van der Waals surface area contributed by atoms with E-state index in [4.69, 9.17) is 10.2 Å². The first-order valence-electron chi connectivity index (χ1n) is 4.48. The van der Waals surface area contributed by atoms with Crippen LogP contribution in [0.5, 0.6) is 0 Å². The first-order valence-corrected chi connectivity index (χ1v) is 4.48. The van der Waals surface area contributed by atoms with E-state index in [1.165, 1.54) is 10.9 Å². The number of halogens is 1. The molecule has 2 N–H and O–H groups in total. The van der Waals surface area contributed by atoms with Crippen LogP contribution in [0.1, 0.15) is 12.5 Å². The van der Waals surface area contributed by atoms with Crippen molar-refractivity contribution in [3.63, 3.8) is 0 Å². The van der Waals surface area contributed by atoms with Gasteiger partial charge in [-0.1, -0.05) is 12.1 Å². The quantitative estimate of drug-likeness (QED) is 0.830. The highest BCUT2D eigenvalue weighted by molar-refractivity contribution is 5.85. The normalized spacial score (nSPS) is 12.4. The van der Waals surface area contributed by atoms with Crippen LogP contribution in [0.15, 0.2) is 34.9 Å². The van der Waals surface area contributed by atoms with Crippen LogP contribution in [0, 0.1) is 0 Å². The molecule has 0 saturated heterocycles. The second-order valence-corrected chi connectivity index (χ2v) is 3.43. The number of benzene rings is 1. The largest absolute Gasteiger partial charge is 0.464 e. The van der Waals surface area contributed by atoms with Crippen LogP contribution in [0.4, 0.5) is 0 Å². The van der Waals surface area contributed by atoms with Crippen LogP contribution in [-0.2, 0) is 6.42 Å². The van der Waals surface area contributed by atoms with Crippen molar-refractivity contribution in [3.8, 4) is 0 Å². The molecule has 1 unspecified atom stereocenters. The van der Waals surface area contributed by atoms with Gasteiger partial charge in [-0.3, -0.25) is 0 Å². The highest BCUT2D eigenvalue weighted by atomic mass is 35.5. The molecule has 1 aromatic heterocycles. The van der Waals surface area contributed by atoms with Crippen molar-refractivity contribution in [1.82, 2.24) is 0 Å². The summed E-state index contributed by atoms with van der Waals surface area (Å²) in [5, 5.41) is 1.18. The Labute approximate surface area is 89.5 Å². The maximum atomic E-state index is 5.75. The zero-order valence-electron chi connectivity index (χ0n) is 8.07. The third-order valence-electron chi connectivity index (χ3n) is 2.13. The van der Waals surface area contributed by atoms with Crippen LogP contribution >= 0.6 is 12.4 Å². The average molecular weight is 212 g/mol. The highest BCUT2D eigenvalue weighted by Gasteiger charge is 2.04. The minimum absolute atomic E-state index is 0. The van der Waals surface area contributed by atoms with Gasteiger partial charge in [0, 0.05) is 11.4 Å². The zero-order valence-corrected chi connectivity index (χ0v) is 8.88. The maximum Gasteiger partial charge on any atom is 0.134 e. The number of fused-ring (bicyclic) bond motifs is 1. The Morgan fingerprint density at radius 2 is 2.14 bits per heavy atom. The summed E-state index contributed by atoms with van der Waals surface area (Å²) in [7, 11) is 0. The summed E-state index contributed by atoms with van der Waals surface area (Å²) in [6, 6.07) is 8.26. The van der Waals surface area contributed by atoms with Gasteiger partial charge in [0.1, 0.15) is 5.58 Å². The molecule has 1 heterocycles. The fourth-order valence-corrected chi connectivity index (χ4v) is 1.58. The first kappa shape index (κ1) is 11.1. The van der Waals surface area contributed by atoms with Gasteiger partial charge in [0.05, 0.1) is 6.26 Å². The van der Waals surface area contributed by atoms with Gasteiger partial charge in [-0.15, -0.1) is 12.4 Å². The van der Waals surface area contributed by atoms with Crippen LogP contribution in [-0.4, -0.2) is 6.04 Å². The Morgan fingerprint density at radius 1 is 1.36 bits per heavy atom.